The Kier molecular flexibility index (Phi) is 7.91. The predicted molar refractivity (Wildman–Crippen MR) is 186 cm³/mol. The highest BCUT2D eigenvalue weighted by atomic mass is 16.3. The van der Waals surface area contributed by atoms with Crippen molar-refractivity contribution in [2.24, 2.45) is 80.3 Å². The van der Waals surface area contributed by atoms with Gasteiger partial charge in [-0.15, -0.1) is 0 Å². The van der Waals surface area contributed by atoms with Crippen molar-refractivity contribution in [3.8, 4) is 0 Å². The van der Waals surface area contributed by atoms with Crippen molar-refractivity contribution in [2.75, 3.05) is 13.1 Å². The first-order chi connectivity index (χ1) is 21.5. The number of likely N-dealkylation sites (tertiary alicyclic amines) is 1. The minimum Gasteiger partial charge on any atom is -0.393 e. The molecule has 7 aliphatic rings. The number of amides is 1. The van der Waals surface area contributed by atoms with Crippen LogP contribution in [0.25, 0.3) is 0 Å². The number of rotatable bonds is 5. The van der Waals surface area contributed by atoms with E-state index < -0.39 is 0 Å². The third kappa shape index (κ3) is 4.45. The molecule has 6 saturated carbocycles. The second-order valence-electron chi connectivity index (χ2n) is 20.1. The Morgan fingerprint density at radius 2 is 1.46 bits per heavy atom. The van der Waals surface area contributed by atoms with E-state index >= 15 is 0 Å². The van der Waals surface area contributed by atoms with Gasteiger partial charge >= 0.3 is 0 Å². The summed E-state index contributed by atoms with van der Waals surface area (Å²) < 4.78 is 0. The van der Waals surface area contributed by atoms with Crippen LogP contribution >= 0.6 is 0 Å². The first kappa shape index (κ1) is 33.3. The molecule has 13 atom stereocenters. The average Bonchev–Trinajstić information content (AvgIpc) is 3.66. The first-order valence-electron chi connectivity index (χ1n) is 19.6. The summed E-state index contributed by atoms with van der Waals surface area (Å²) in [6.45, 7) is 25.9. The number of fused-ring (bicyclic) bond motifs is 7. The van der Waals surface area contributed by atoms with Gasteiger partial charge < -0.3 is 10.0 Å². The number of nitrogens with zero attached hydrogens (tertiary/aromatic N) is 1. The van der Waals surface area contributed by atoms with Gasteiger partial charge in [-0.3, -0.25) is 9.59 Å². The topological polar surface area (TPSA) is 57.6 Å². The molecular formula is C42H67NO3. The molecule has 6 aliphatic carbocycles. The maximum Gasteiger partial charge on any atom is 0.226 e. The fourth-order valence-corrected chi connectivity index (χ4v) is 14.9. The van der Waals surface area contributed by atoms with Crippen molar-refractivity contribution in [3.63, 3.8) is 0 Å². The van der Waals surface area contributed by atoms with Crippen LogP contribution in [0.1, 0.15) is 139 Å². The molecule has 4 heteroatoms. The number of hydrogen-bond donors (Lipinski definition) is 1. The number of allylic oxidation sites excluding steroid dienone is 1. The van der Waals surface area contributed by atoms with Crippen LogP contribution in [0.4, 0.5) is 0 Å². The van der Waals surface area contributed by atoms with Crippen LogP contribution < -0.4 is 0 Å². The molecule has 4 nitrogen and oxygen atoms in total. The van der Waals surface area contributed by atoms with Gasteiger partial charge in [0.25, 0.3) is 0 Å². The SMILES string of the molecule is C=C(C)[C@@H]1C[C@@H](C(=O)C[C@H]2C[C@@H](C(=O)N3CCCC3)C2(C)C)C2CC[C@]3(C)[C@H](CC[C@@H]4[C@@]5(C)CC[C@H](O)C(C)(C)C5CC[C@]43C)[C@H]21. The minimum atomic E-state index is -0.177. The van der Waals surface area contributed by atoms with E-state index in [9.17, 15) is 14.7 Å². The van der Waals surface area contributed by atoms with Gasteiger partial charge in [-0.1, -0.05) is 60.6 Å². The molecule has 1 aliphatic heterocycles. The van der Waals surface area contributed by atoms with Crippen LogP contribution in [-0.4, -0.2) is 40.9 Å². The monoisotopic (exact) mass is 634 g/mol. The summed E-state index contributed by atoms with van der Waals surface area (Å²) in [4.78, 5) is 29.7. The summed E-state index contributed by atoms with van der Waals surface area (Å²) in [5, 5.41) is 11.1. The summed E-state index contributed by atoms with van der Waals surface area (Å²) in [5.74, 6) is 4.93. The zero-order valence-electron chi connectivity index (χ0n) is 30.8. The molecule has 0 radical (unpaired) electrons. The van der Waals surface area contributed by atoms with Crippen molar-refractivity contribution in [1.82, 2.24) is 4.90 Å². The standard InChI is InChI=1S/C42H67NO3/c1-25(2)28-24-29(32(44)23-26-22-31(38(26,3)4)37(46)43-20-10-11-21-43)27-14-18-41(8)30(36(27)28)12-13-34-40(7)17-16-35(45)39(5,6)33(40)15-19-42(34,41)9/h26-31,33-36,45H,1,10-24H2,2-9H3/t26-,27?,28+,29-,30-,31+,33?,34-,35+,36-,40+,41-,42-/m1/s1. The lowest BCUT2D eigenvalue weighted by Crippen LogP contribution is -2.66. The molecular weight excluding hydrogens is 566 g/mol. The molecule has 1 saturated heterocycles. The van der Waals surface area contributed by atoms with E-state index in [0.29, 0.717) is 70.4 Å². The lowest BCUT2D eigenvalue weighted by Gasteiger charge is -2.72. The summed E-state index contributed by atoms with van der Waals surface area (Å²) in [6, 6.07) is 0. The smallest absolute Gasteiger partial charge is 0.226 e. The molecule has 7 rings (SSSR count). The second kappa shape index (κ2) is 10.9. The van der Waals surface area contributed by atoms with Crippen molar-refractivity contribution in [2.45, 2.75) is 145 Å². The van der Waals surface area contributed by atoms with Crippen LogP contribution in [-0.2, 0) is 9.59 Å². The molecule has 258 valence electrons. The molecule has 0 aromatic rings. The summed E-state index contributed by atoms with van der Waals surface area (Å²) in [7, 11) is 0. The Bertz CT molecular complexity index is 1260. The number of aliphatic hydroxyl groups is 1. The summed E-state index contributed by atoms with van der Waals surface area (Å²) in [6.07, 6.45) is 14.4. The highest BCUT2D eigenvalue weighted by Gasteiger charge is 2.70. The van der Waals surface area contributed by atoms with E-state index in [2.05, 4.69) is 66.9 Å². The molecule has 1 amide bonds. The zero-order chi connectivity index (χ0) is 33.2. The van der Waals surface area contributed by atoms with Crippen molar-refractivity contribution in [1.29, 1.82) is 0 Å². The summed E-state index contributed by atoms with van der Waals surface area (Å²) >= 11 is 0. The maximum atomic E-state index is 14.4. The normalized spacial score (nSPS) is 50.4. The number of aliphatic hydroxyl groups excluding tert-OH is 1. The largest absolute Gasteiger partial charge is 0.393 e. The van der Waals surface area contributed by atoms with Gasteiger partial charge in [-0.05, 0) is 152 Å². The molecule has 1 heterocycles. The molecule has 7 fully saturated rings. The van der Waals surface area contributed by atoms with E-state index in [0.717, 1.165) is 45.2 Å². The van der Waals surface area contributed by atoms with Gasteiger partial charge in [0.2, 0.25) is 5.91 Å². The molecule has 0 spiro atoms. The quantitative estimate of drug-likeness (QED) is 0.307. The summed E-state index contributed by atoms with van der Waals surface area (Å²) in [5.41, 5.74) is 2.10. The molecule has 46 heavy (non-hydrogen) atoms. The fourth-order valence-electron chi connectivity index (χ4n) is 14.9. The van der Waals surface area contributed by atoms with Crippen LogP contribution in [0.15, 0.2) is 12.2 Å². The van der Waals surface area contributed by atoms with Gasteiger partial charge in [0.05, 0.1) is 6.10 Å². The Balaban J connectivity index is 1.10. The van der Waals surface area contributed by atoms with Crippen LogP contribution in [0.5, 0.6) is 0 Å². The third-order valence-corrected chi connectivity index (χ3v) is 18.0. The van der Waals surface area contributed by atoms with Crippen LogP contribution in [0.3, 0.4) is 0 Å². The Hall–Kier alpha value is -1.16. The van der Waals surface area contributed by atoms with Gasteiger partial charge in [-0.2, -0.15) is 0 Å². The highest BCUT2D eigenvalue weighted by molar-refractivity contribution is 5.84. The molecule has 0 bridgehead atoms. The van der Waals surface area contributed by atoms with Crippen molar-refractivity contribution >= 4 is 11.7 Å². The second-order valence-corrected chi connectivity index (χ2v) is 20.1. The molecule has 2 unspecified atom stereocenters. The predicted octanol–water partition coefficient (Wildman–Crippen LogP) is 9.10. The number of ketones is 1. The van der Waals surface area contributed by atoms with Crippen LogP contribution in [0, 0.1) is 80.3 Å². The van der Waals surface area contributed by atoms with Gasteiger partial charge in [0.1, 0.15) is 5.78 Å². The van der Waals surface area contributed by atoms with Crippen LogP contribution in [0.2, 0.25) is 0 Å². The fraction of sp³-hybridized carbons (Fsp3) is 0.905. The molecule has 1 N–H and O–H groups in total. The van der Waals surface area contributed by atoms with E-state index in [-0.39, 0.29) is 34.2 Å². The number of carbonyl (C=O) groups excluding carboxylic acids is 2. The van der Waals surface area contributed by atoms with Gasteiger partial charge in [-0.25, -0.2) is 0 Å². The van der Waals surface area contributed by atoms with E-state index in [1.165, 1.54) is 50.5 Å². The maximum absolute atomic E-state index is 14.4. The lowest BCUT2D eigenvalue weighted by molar-refractivity contribution is -0.241. The highest BCUT2D eigenvalue weighted by Crippen LogP contribution is 2.76. The van der Waals surface area contributed by atoms with Crippen molar-refractivity contribution in [3.05, 3.63) is 12.2 Å². The number of Topliss-reactive ketones (excluding diaryl/α,β-unsaturated/α-hetero) is 1. The molecule has 0 aromatic heterocycles. The van der Waals surface area contributed by atoms with Gasteiger partial charge in [0.15, 0.2) is 0 Å². The Labute approximate surface area is 281 Å². The zero-order valence-corrected chi connectivity index (χ0v) is 30.8. The number of hydrogen-bond acceptors (Lipinski definition) is 3. The third-order valence-electron chi connectivity index (χ3n) is 18.0. The van der Waals surface area contributed by atoms with Gasteiger partial charge in [0, 0.05) is 31.3 Å². The molecule has 0 aromatic carbocycles. The van der Waals surface area contributed by atoms with E-state index in [4.69, 9.17) is 0 Å². The first-order valence-corrected chi connectivity index (χ1v) is 19.6. The lowest BCUT2D eigenvalue weighted by atomic mass is 9.33. The van der Waals surface area contributed by atoms with Crippen molar-refractivity contribution < 1.29 is 14.7 Å². The van der Waals surface area contributed by atoms with E-state index in [1.807, 2.05) is 0 Å². The Morgan fingerprint density at radius 1 is 0.783 bits per heavy atom. The minimum absolute atomic E-state index is 0.00961. The van der Waals surface area contributed by atoms with E-state index in [1.54, 1.807) is 0 Å². The number of carbonyl (C=O) groups is 2. The Morgan fingerprint density at radius 3 is 2.11 bits per heavy atom. The average molecular weight is 634 g/mol.